The Morgan fingerprint density at radius 3 is 2.47 bits per heavy atom. The Hall–Kier alpha value is -2.37. The van der Waals surface area contributed by atoms with E-state index in [0.717, 1.165) is 30.0 Å². The molecule has 2 aliphatic rings. The smallest absolute Gasteiger partial charge is 0.380 e. The quantitative estimate of drug-likeness (QED) is 0.269. The second-order valence-corrected chi connectivity index (χ2v) is 10.2. The highest BCUT2D eigenvalue weighted by atomic mass is 32.2. The second-order valence-electron chi connectivity index (χ2n) is 9.21. The van der Waals surface area contributed by atoms with Crippen LogP contribution in [0.2, 0.25) is 0 Å². The molecule has 0 aliphatic carbocycles. The summed E-state index contributed by atoms with van der Waals surface area (Å²) in [5.74, 6) is -1.60. The van der Waals surface area contributed by atoms with E-state index < -0.39 is 23.4 Å². The van der Waals surface area contributed by atoms with E-state index >= 15 is 0 Å². The van der Waals surface area contributed by atoms with Gasteiger partial charge in [0.15, 0.2) is 0 Å². The Morgan fingerprint density at radius 1 is 1.17 bits per heavy atom. The van der Waals surface area contributed by atoms with Gasteiger partial charge in [0, 0.05) is 65.2 Å². The van der Waals surface area contributed by atoms with Crippen molar-refractivity contribution in [3.8, 4) is 11.1 Å². The number of rotatable bonds is 5. The van der Waals surface area contributed by atoms with Crippen LogP contribution in [-0.4, -0.2) is 60.9 Å². The number of fused-ring (bicyclic) bond motifs is 1. The molecule has 1 saturated heterocycles. The lowest BCUT2D eigenvalue weighted by Crippen LogP contribution is -2.56. The topological polar surface area (TPSA) is 60.4 Å². The van der Waals surface area contributed by atoms with Crippen molar-refractivity contribution in [1.29, 1.82) is 5.41 Å². The first-order chi connectivity index (χ1) is 17.0. The van der Waals surface area contributed by atoms with Crippen molar-refractivity contribution < 1.29 is 26.7 Å². The number of hydrogen-bond donors (Lipinski definition) is 3. The first kappa shape index (κ1) is 26.7. The van der Waals surface area contributed by atoms with E-state index in [1.807, 2.05) is 20.8 Å². The van der Waals surface area contributed by atoms with Crippen LogP contribution in [0.3, 0.4) is 0 Å². The Kier molecular flexibility index (Phi) is 7.82. The molecule has 4 rings (SSSR count). The summed E-state index contributed by atoms with van der Waals surface area (Å²) in [4.78, 5) is 1.96. The number of nitrogens with zero attached hydrogens (tertiary/aromatic N) is 1. The van der Waals surface area contributed by atoms with Crippen LogP contribution >= 0.6 is 11.8 Å². The molecule has 0 bridgehead atoms. The fourth-order valence-electron chi connectivity index (χ4n) is 4.78. The molecular weight excluding hydrogens is 499 g/mol. The van der Waals surface area contributed by atoms with Crippen molar-refractivity contribution in [2.75, 3.05) is 37.4 Å². The number of thioether (sulfide) groups is 1. The zero-order chi connectivity index (χ0) is 26.2. The third-order valence-electron chi connectivity index (χ3n) is 6.22. The Bertz CT molecular complexity index is 1130. The predicted octanol–water partition coefficient (Wildman–Crippen LogP) is 5.58. The number of anilines is 1. The van der Waals surface area contributed by atoms with E-state index in [1.165, 1.54) is 0 Å². The zero-order valence-corrected chi connectivity index (χ0v) is 21.0. The summed E-state index contributed by atoms with van der Waals surface area (Å²) in [5, 5.41) is 15.5. The van der Waals surface area contributed by atoms with Crippen LogP contribution in [0.5, 0.6) is 0 Å². The van der Waals surface area contributed by atoms with E-state index in [0.29, 0.717) is 43.8 Å². The minimum atomic E-state index is -4.83. The molecule has 11 heteroatoms. The van der Waals surface area contributed by atoms with Crippen molar-refractivity contribution >= 4 is 23.3 Å². The van der Waals surface area contributed by atoms with E-state index in [1.54, 1.807) is 4.90 Å². The highest BCUT2D eigenvalue weighted by Crippen LogP contribution is 2.50. The van der Waals surface area contributed by atoms with Gasteiger partial charge in [0.05, 0.1) is 23.9 Å². The van der Waals surface area contributed by atoms with Gasteiger partial charge in [-0.25, -0.2) is 8.78 Å². The van der Waals surface area contributed by atoms with Gasteiger partial charge in [-0.2, -0.15) is 13.2 Å². The van der Waals surface area contributed by atoms with Gasteiger partial charge in [-0.1, -0.05) is 0 Å². The van der Waals surface area contributed by atoms with Crippen LogP contribution in [0.4, 0.5) is 27.6 Å². The fourth-order valence-corrected chi connectivity index (χ4v) is 6.00. The van der Waals surface area contributed by atoms with Gasteiger partial charge in [-0.3, -0.25) is 5.41 Å². The maximum absolute atomic E-state index is 14.8. The number of hydrogen-bond acceptors (Lipinski definition) is 5. The molecule has 2 aromatic rings. The standard InChI is InChI=1S/C25H29F5N4OS/c1-4-35-11-16-12-36-23-21(17-6-5-15(26)7-20(17)27)19(25(28,29)30)8-18(22(23)33-16)24(31)34-9-13(2)32-14(3)10-34/h5-8,13-14,16,31-33H,4,9-12H2,1-3H3/t13-,14+,16-/m0/s1. The molecule has 2 aliphatic heterocycles. The molecule has 5 nitrogen and oxygen atoms in total. The number of benzene rings is 2. The highest BCUT2D eigenvalue weighted by Gasteiger charge is 2.40. The third-order valence-corrected chi connectivity index (χ3v) is 7.48. The van der Waals surface area contributed by atoms with Gasteiger partial charge in [0.25, 0.3) is 0 Å². The first-order valence-corrected chi connectivity index (χ1v) is 12.8. The summed E-state index contributed by atoms with van der Waals surface area (Å²) in [7, 11) is 0. The minimum Gasteiger partial charge on any atom is -0.380 e. The van der Waals surface area contributed by atoms with E-state index in [2.05, 4.69) is 10.6 Å². The SMILES string of the molecule is CCOC[C@H]1CSc2c(c(C(=N)N3C[C@@H](C)N[C@@H](C)C3)cc(C(F)(F)F)c2-c2ccc(F)cc2F)N1. The molecule has 0 spiro atoms. The van der Waals surface area contributed by atoms with Gasteiger partial charge in [0.1, 0.15) is 17.5 Å². The Labute approximate surface area is 211 Å². The normalized spacial score (nSPS) is 22.2. The number of amidine groups is 1. The van der Waals surface area contributed by atoms with Crippen LogP contribution in [-0.2, 0) is 10.9 Å². The second kappa shape index (κ2) is 10.5. The van der Waals surface area contributed by atoms with Crippen molar-refractivity contribution in [3.63, 3.8) is 0 Å². The average Bonchev–Trinajstić information content (AvgIpc) is 2.80. The van der Waals surface area contributed by atoms with Crippen LogP contribution in [0.15, 0.2) is 29.2 Å². The van der Waals surface area contributed by atoms with Crippen molar-refractivity contribution in [3.05, 3.63) is 47.0 Å². The molecule has 2 heterocycles. The van der Waals surface area contributed by atoms with Crippen LogP contribution in [0.1, 0.15) is 31.9 Å². The fraction of sp³-hybridized carbons (Fsp3) is 0.480. The molecule has 0 aromatic heterocycles. The lowest BCUT2D eigenvalue weighted by molar-refractivity contribution is -0.137. The molecule has 2 aromatic carbocycles. The van der Waals surface area contributed by atoms with Crippen molar-refractivity contribution in [1.82, 2.24) is 10.2 Å². The van der Waals surface area contributed by atoms with Gasteiger partial charge >= 0.3 is 6.18 Å². The van der Waals surface area contributed by atoms with Crippen molar-refractivity contribution in [2.24, 2.45) is 0 Å². The zero-order valence-electron chi connectivity index (χ0n) is 20.2. The van der Waals surface area contributed by atoms with Gasteiger partial charge in [0.2, 0.25) is 0 Å². The molecule has 0 saturated carbocycles. The lowest BCUT2D eigenvalue weighted by Gasteiger charge is -2.39. The number of ether oxygens (including phenoxy) is 1. The molecule has 0 amide bonds. The number of piperazine rings is 1. The average molecular weight is 529 g/mol. The number of alkyl halides is 3. The summed E-state index contributed by atoms with van der Waals surface area (Å²) < 4.78 is 77.3. The first-order valence-electron chi connectivity index (χ1n) is 11.8. The van der Waals surface area contributed by atoms with E-state index in [9.17, 15) is 22.0 Å². The van der Waals surface area contributed by atoms with Crippen molar-refractivity contribution in [2.45, 2.75) is 50.0 Å². The summed E-state index contributed by atoms with van der Waals surface area (Å²) in [6.07, 6.45) is -4.83. The molecule has 1 fully saturated rings. The highest BCUT2D eigenvalue weighted by molar-refractivity contribution is 7.99. The van der Waals surface area contributed by atoms with Crippen LogP contribution in [0, 0.1) is 17.0 Å². The summed E-state index contributed by atoms with van der Waals surface area (Å²) in [6, 6.07) is 3.38. The molecule has 3 N–H and O–H groups in total. The maximum atomic E-state index is 14.8. The summed E-state index contributed by atoms with van der Waals surface area (Å²) in [6.45, 7) is 7.50. The molecular formula is C25H29F5N4OS. The number of nitrogens with one attached hydrogen (secondary N) is 3. The van der Waals surface area contributed by atoms with Crippen LogP contribution in [0.25, 0.3) is 11.1 Å². The maximum Gasteiger partial charge on any atom is 0.417 e. The predicted molar refractivity (Wildman–Crippen MR) is 132 cm³/mol. The summed E-state index contributed by atoms with van der Waals surface area (Å²) >= 11 is 1.16. The van der Waals surface area contributed by atoms with Gasteiger partial charge < -0.3 is 20.3 Å². The molecule has 0 unspecified atom stereocenters. The third kappa shape index (κ3) is 5.47. The lowest BCUT2D eigenvalue weighted by atomic mass is 9.93. The minimum absolute atomic E-state index is 0.0340. The largest absolute Gasteiger partial charge is 0.417 e. The van der Waals surface area contributed by atoms with Gasteiger partial charge in [-0.15, -0.1) is 11.8 Å². The molecule has 196 valence electrons. The monoisotopic (exact) mass is 528 g/mol. The Balaban J connectivity index is 1.92. The van der Waals surface area contributed by atoms with Crippen LogP contribution < -0.4 is 10.6 Å². The molecule has 0 radical (unpaired) electrons. The Morgan fingerprint density at radius 2 is 1.86 bits per heavy atom. The molecule has 3 atom stereocenters. The van der Waals surface area contributed by atoms with E-state index in [4.69, 9.17) is 10.1 Å². The number of halogens is 5. The molecule has 36 heavy (non-hydrogen) atoms. The van der Waals surface area contributed by atoms with E-state index in [-0.39, 0.29) is 45.5 Å². The van der Waals surface area contributed by atoms with Gasteiger partial charge in [-0.05, 0) is 39.0 Å². The summed E-state index contributed by atoms with van der Waals surface area (Å²) in [5.41, 5.74) is -1.30.